The van der Waals surface area contributed by atoms with Crippen LogP contribution in [0.1, 0.15) is 43.9 Å². The summed E-state index contributed by atoms with van der Waals surface area (Å²) in [5.41, 5.74) is 1.49. The fourth-order valence-corrected chi connectivity index (χ4v) is 5.32. The van der Waals surface area contributed by atoms with Gasteiger partial charge in [-0.05, 0) is 56.4 Å². The third kappa shape index (κ3) is 3.86. The van der Waals surface area contributed by atoms with Crippen molar-refractivity contribution in [3.8, 4) is 5.75 Å². The number of fused-ring (bicyclic) bond motifs is 3. The number of hydrogen-bond acceptors (Lipinski definition) is 5. The highest BCUT2D eigenvalue weighted by atomic mass is 35.5. The summed E-state index contributed by atoms with van der Waals surface area (Å²) in [7, 11) is 0. The lowest BCUT2D eigenvalue weighted by molar-refractivity contribution is -0.117. The lowest BCUT2D eigenvalue weighted by atomic mass is 9.83. The van der Waals surface area contributed by atoms with E-state index in [1.165, 1.54) is 6.07 Å². The monoisotopic (exact) mass is 465 g/mol. The minimum Gasteiger partial charge on any atom is -0.506 e. The Labute approximate surface area is 194 Å². The summed E-state index contributed by atoms with van der Waals surface area (Å²) < 4.78 is 7.17. The van der Waals surface area contributed by atoms with Crippen LogP contribution in [-0.4, -0.2) is 20.7 Å². The van der Waals surface area contributed by atoms with Crippen LogP contribution in [-0.2, 0) is 4.79 Å². The maximum atomic E-state index is 13.6. The van der Waals surface area contributed by atoms with Gasteiger partial charge < -0.3 is 19.5 Å². The minimum absolute atomic E-state index is 0.0414. The average Bonchev–Trinajstić information content (AvgIpc) is 3.17. The number of phenolic OH excluding ortho intramolecular Hbond substituents is 1. The zero-order valence-electron chi connectivity index (χ0n) is 18.2. The molecule has 1 saturated carbocycles. The molecular weight excluding hydrogens is 442 g/mol. The number of carbonyl (C=O) groups excluding carboxylic acids is 1. The second kappa shape index (κ2) is 8.56. The standard InChI is InChI=1S/C25H24ClN3O4/c1-14-22-24(28-33-14)23-17(26)8-5-10-19(23)29(25(22)32)16-7-4-6-15(12-16)13-21(31)27-18-9-2-3-11-20(18)30/h2-3,5,8-11,15-16,30H,4,6-7,12-13H2,1H3,(H,27,31). The number of carbonyl (C=O) groups is 1. The zero-order valence-corrected chi connectivity index (χ0v) is 18.9. The summed E-state index contributed by atoms with van der Waals surface area (Å²) in [6, 6.07) is 12.1. The molecular formula is C25H24ClN3O4. The highest BCUT2D eigenvalue weighted by Crippen LogP contribution is 2.38. The van der Waals surface area contributed by atoms with Crippen LogP contribution in [0.15, 0.2) is 51.8 Å². The number of anilines is 1. The number of pyridine rings is 1. The van der Waals surface area contributed by atoms with Crippen molar-refractivity contribution in [2.45, 2.75) is 45.1 Å². The Bertz CT molecular complexity index is 1420. The first kappa shape index (κ1) is 21.5. The van der Waals surface area contributed by atoms with Gasteiger partial charge in [0.1, 0.15) is 22.4 Å². The largest absolute Gasteiger partial charge is 0.506 e. The maximum absolute atomic E-state index is 13.6. The molecule has 33 heavy (non-hydrogen) atoms. The van der Waals surface area contributed by atoms with Crippen LogP contribution in [0, 0.1) is 12.8 Å². The van der Waals surface area contributed by atoms with E-state index in [0.29, 0.717) is 45.6 Å². The van der Waals surface area contributed by atoms with Crippen LogP contribution in [0.4, 0.5) is 5.69 Å². The summed E-state index contributed by atoms with van der Waals surface area (Å²) in [6.07, 6.45) is 3.69. The Morgan fingerprint density at radius 2 is 2.03 bits per heavy atom. The van der Waals surface area contributed by atoms with E-state index in [2.05, 4.69) is 10.5 Å². The van der Waals surface area contributed by atoms with Crippen molar-refractivity contribution in [3.63, 3.8) is 0 Å². The average molecular weight is 466 g/mol. The summed E-state index contributed by atoms with van der Waals surface area (Å²) in [5.74, 6) is 0.488. The molecule has 170 valence electrons. The number of halogens is 1. The first-order valence-corrected chi connectivity index (χ1v) is 11.5. The van der Waals surface area contributed by atoms with E-state index in [-0.39, 0.29) is 29.2 Å². The summed E-state index contributed by atoms with van der Waals surface area (Å²) >= 11 is 6.53. The Balaban J connectivity index is 1.46. The zero-order chi connectivity index (χ0) is 23.1. The van der Waals surface area contributed by atoms with Gasteiger partial charge in [-0.15, -0.1) is 0 Å². The fourth-order valence-electron chi connectivity index (χ4n) is 5.06. The number of nitrogens with one attached hydrogen (secondary N) is 1. The molecule has 0 saturated heterocycles. The molecule has 0 aliphatic heterocycles. The molecule has 7 nitrogen and oxygen atoms in total. The lowest BCUT2D eigenvalue weighted by Gasteiger charge is -2.31. The van der Waals surface area contributed by atoms with Crippen LogP contribution in [0.25, 0.3) is 21.8 Å². The van der Waals surface area contributed by atoms with Crippen molar-refractivity contribution in [1.82, 2.24) is 9.72 Å². The Morgan fingerprint density at radius 3 is 2.85 bits per heavy atom. The van der Waals surface area contributed by atoms with E-state index in [4.69, 9.17) is 16.1 Å². The second-order valence-corrected chi connectivity index (χ2v) is 9.13. The molecule has 2 N–H and O–H groups in total. The van der Waals surface area contributed by atoms with Crippen molar-refractivity contribution >= 4 is 45.0 Å². The van der Waals surface area contributed by atoms with E-state index in [9.17, 15) is 14.7 Å². The molecule has 2 aromatic carbocycles. The summed E-state index contributed by atoms with van der Waals surface area (Å²) in [6.45, 7) is 1.73. The summed E-state index contributed by atoms with van der Waals surface area (Å²) in [4.78, 5) is 26.2. The van der Waals surface area contributed by atoms with Gasteiger partial charge in [0.15, 0.2) is 0 Å². The normalized spacial score (nSPS) is 18.6. The van der Waals surface area contributed by atoms with Crippen molar-refractivity contribution in [2.75, 3.05) is 5.32 Å². The molecule has 0 radical (unpaired) electrons. The third-order valence-corrected chi connectivity index (χ3v) is 6.87. The van der Waals surface area contributed by atoms with Crippen LogP contribution < -0.4 is 10.9 Å². The number of nitrogens with zero attached hydrogens (tertiary/aromatic N) is 2. The van der Waals surface area contributed by atoms with Gasteiger partial charge in [0.05, 0.1) is 16.2 Å². The number of hydrogen-bond donors (Lipinski definition) is 2. The number of phenols is 1. The van der Waals surface area contributed by atoms with E-state index in [0.717, 1.165) is 24.8 Å². The van der Waals surface area contributed by atoms with Crippen molar-refractivity contribution in [2.24, 2.45) is 5.92 Å². The highest BCUT2D eigenvalue weighted by Gasteiger charge is 2.29. The van der Waals surface area contributed by atoms with Gasteiger partial charge in [-0.2, -0.15) is 0 Å². The predicted octanol–water partition coefficient (Wildman–Crippen LogP) is 5.57. The fraction of sp³-hybridized carbons (Fsp3) is 0.320. The molecule has 1 fully saturated rings. The molecule has 0 bridgehead atoms. The minimum atomic E-state index is -0.146. The second-order valence-electron chi connectivity index (χ2n) is 8.73. The first-order valence-electron chi connectivity index (χ1n) is 11.1. The number of aromatic nitrogens is 2. The topological polar surface area (TPSA) is 97.4 Å². The van der Waals surface area contributed by atoms with Crippen molar-refractivity contribution in [3.05, 3.63) is 63.6 Å². The Kier molecular flexibility index (Phi) is 5.58. The van der Waals surface area contributed by atoms with Gasteiger partial charge in [0, 0.05) is 17.8 Å². The SMILES string of the molecule is Cc1onc2c1c(=O)n(C1CCCC(CC(=O)Nc3ccccc3O)C1)c1cccc(Cl)c21. The van der Waals surface area contributed by atoms with Crippen molar-refractivity contribution in [1.29, 1.82) is 0 Å². The Hall–Kier alpha value is -3.32. The molecule has 5 rings (SSSR count). The van der Waals surface area contributed by atoms with Crippen molar-refractivity contribution < 1.29 is 14.4 Å². The maximum Gasteiger partial charge on any atom is 0.264 e. The molecule has 4 aromatic rings. The molecule has 1 amide bonds. The third-order valence-electron chi connectivity index (χ3n) is 6.56. The van der Waals surface area contributed by atoms with Gasteiger partial charge in [-0.25, -0.2) is 0 Å². The number of aromatic hydroxyl groups is 1. The quantitative estimate of drug-likeness (QED) is 0.384. The van der Waals surface area contributed by atoms with E-state index >= 15 is 0 Å². The molecule has 1 aliphatic rings. The van der Waals surface area contributed by atoms with Gasteiger partial charge in [-0.1, -0.05) is 41.4 Å². The molecule has 1 aliphatic carbocycles. The molecule has 8 heteroatoms. The number of para-hydroxylation sites is 2. The molecule has 2 heterocycles. The van der Waals surface area contributed by atoms with Crippen LogP contribution in [0.3, 0.4) is 0 Å². The lowest BCUT2D eigenvalue weighted by Crippen LogP contribution is -2.30. The Morgan fingerprint density at radius 1 is 1.21 bits per heavy atom. The number of rotatable bonds is 4. The number of amides is 1. The smallest absolute Gasteiger partial charge is 0.264 e. The molecule has 2 unspecified atom stereocenters. The van der Waals surface area contributed by atoms with Gasteiger partial charge >= 0.3 is 0 Å². The van der Waals surface area contributed by atoms with Crippen LogP contribution in [0.2, 0.25) is 5.02 Å². The number of aryl methyl sites for hydroxylation is 1. The predicted molar refractivity (Wildman–Crippen MR) is 128 cm³/mol. The van der Waals surface area contributed by atoms with E-state index < -0.39 is 0 Å². The van der Waals surface area contributed by atoms with Gasteiger partial charge in [0.2, 0.25) is 5.91 Å². The van der Waals surface area contributed by atoms with Gasteiger partial charge in [0.25, 0.3) is 5.56 Å². The van der Waals surface area contributed by atoms with Crippen LogP contribution in [0.5, 0.6) is 5.75 Å². The van der Waals surface area contributed by atoms with E-state index in [1.54, 1.807) is 31.2 Å². The number of benzene rings is 2. The van der Waals surface area contributed by atoms with Crippen LogP contribution >= 0.6 is 11.6 Å². The summed E-state index contributed by atoms with van der Waals surface area (Å²) in [5, 5.41) is 18.5. The molecule has 2 aromatic heterocycles. The molecule has 2 atom stereocenters. The molecule has 0 spiro atoms. The van der Waals surface area contributed by atoms with Gasteiger partial charge in [-0.3, -0.25) is 9.59 Å². The first-order chi connectivity index (χ1) is 15.9. The van der Waals surface area contributed by atoms with E-state index in [1.807, 2.05) is 16.7 Å². The highest BCUT2D eigenvalue weighted by molar-refractivity contribution is 6.37.